The second-order valence-electron chi connectivity index (χ2n) is 5.45. The summed E-state index contributed by atoms with van der Waals surface area (Å²) < 4.78 is 6.98. The Kier molecular flexibility index (Phi) is 5.78. The van der Waals surface area contributed by atoms with Gasteiger partial charge in [-0.1, -0.05) is 0 Å². The number of hydrogen-bond donors (Lipinski definition) is 3. The lowest BCUT2D eigenvalue weighted by atomic mass is 10.2. The van der Waals surface area contributed by atoms with Crippen molar-refractivity contribution in [2.45, 2.75) is 13.8 Å². The molecule has 3 amide bonds. The number of hydrogen-bond acceptors (Lipinski definition) is 4. The van der Waals surface area contributed by atoms with E-state index in [1.807, 2.05) is 26.0 Å². The average molecular weight is 344 g/mol. The Hall–Kier alpha value is -3.29. The van der Waals surface area contributed by atoms with Crippen LogP contribution in [-0.2, 0) is 9.59 Å². The van der Waals surface area contributed by atoms with Crippen LogP contribution in [-0.4, -0.2) is 35.5 Å². The molecule has 0 spiro atoms. The highest BCUT2D eigenvalue weighted by Gasteiger charge is 2.09. The molecule has 0 radical (unpaired) electrons. The summed E-state index contributed by atoms with van der Waals surface area (Å²) in [5.74, 6) is -0.914. The molecule has 0 atom stereocenters. The lowest BCUT2D eigenvalue weighted by Crippen LogP contribution is -2.36. The molecule has 0 aliphatic rings. The molecule has 0 bridgehead atoms. The van der Waals surface area contributed by atoms with Crippen molar-refractivity contribution in [1.82, 2.24) is 9.99 Å². The van der Waals surface area contributed by atoms with Gasteiger partial charge in [0, 0.05) is 17.0 Å². The molecular formula is C17H20N4O4. The van der Waals surface area contributed by atoms with Crippen LogP contribution in [0.5, 0.6) is 5.75 Å². The van der Waals surface area contributed by atoms with Crippen LogP contribution in [0.2, 0.25) is 0 Å². The van der Waals surface area contributed by atoms with Gasteiger partial charge in [0.05, 0.1) is 6.54 Å². The molecule has 4 N–H and O–H groups in total. The monoisotopic (exact) mass is 344 g/mol. The number of ether oxygens (including phenoxy) is 1. The molecule has 1 heterocycles. The highest BCUT2D eigenvalue weighted by atomic mass is 16.5. The highest BCUT2D eigenvalue weighted by Crippen LogP contribution is 2.13. The van der Waals surface area contributed by atoms with E-state index < -0.39 is 11.8 Å². The maximum absolute atomic E-state index is 12.3. The van der Waals surface area contributed by atoms with Gasteiger partial charge in [-0.2, -0.15) is 0 Å². The van der Waals surface area contributed by atoms with Gasteiger partial charge in [-0.05, 0) is 50.2 Å². The molecule has 2 aromatic rings. The van der Waals surface area contributed by atoms with Gasteiger partial charge in [0.15, 0.2) is 6.61 Å². The Labute approximate surface area is 144 Å². The lowest BCUT2D eigenvalue weighted by molar-refractivity contribution is -0.126. The third-order valence-corrected chi connectivity index (χ3v) is 3.43. The zero-order chi connectivity index (χ0) is 18.4. The Morgan fingerprint density at radius 3 is 2.20 bits per heavy atom. The predicted octanol–water partition coefficient (Wildman–Crippen LogP) is 0.469. The Balaban J connectivity index is 1.90. The maximum Gasteiger partial charge on any atom is 0.270 e. The molecule has 0 aliphatic heterocycles. The van der Waals surface area contributed by atoms with Crippen LogP contribution in [0.25, 0.3) is 0 Å². The predicted molar refractivity (Wildman–Crippen MR) is 91.7 cm³/mol. The summed E-state index contributed by atoms with van der Waals surface area (Å²) in [6, 6.07) is 10.2. The topological polar surface area (TPSA) is 115 Å². The minimum Gasteiger partial charge on any atom is -0.484 e. The maximum atomic E-state index is 12.3. The van der Waals surface area contributed by atoms with E-state index >= 15 is 0 Å². The molecule has 2 rings (SSSR count). The number of primary amides is 1. The van der Waals surface area contributed by atoms with Crippen molar-refractivity contribution in [2.24, 2.45) is 5.73 Å². The van der Waals surface area contributed by atoms with Crippen LogP contribution in [0.4, 0.5) is 0 Å². The van der Waals surface area contributed by atoms with E-state index in [1.165, 1.54) is 0 Å². The normalized spacial score (nSPS) is 10.2. The number of nitrogens with zero attached hydrogens (tertiary/aromatic N) is 1. The van der Waals surface area contributed by atoms with E-state index in [-0.39, 0.29) is 19.1 Å². The van der Waals surface area contributed by atoms with Crippen molar-refractivity contribution in [1.29, 1.82) is 0 Å². The number of rotatable bonds is 7. The van der Waals surface area contributed by atoms with E-state index in [1.54, 1.807) is 28.9 Å². The summed E-state index contributed by atoms with van der Waals surface area (Å²) >= 11 is 0. The van der Waals surface area contributed by atoms with Gasteiger partial charge in [-0.15, -0.1) is 0 Å². The van der Waals surface area contributed by atoms with Gasteiger partial charge in [-0.3, -0.25) is 24.5 Å². The van der Waals surface area contributed by atoms with Crippen LogP contribution in [0, 0.1) is 13.8 Å². The van der Waals surface area contributed by atoms with Gasteiger partial charge in [0.1, 0.15) is 5.75 Å². The average Bonchev–Trinajstić information content (AvgIpc) is 2.90. The number of amides is 3. The second-order valence-corrected chi connectivity index (χ2v) is 5.45. The SMILES string of the molecule is Cc1ccc(C)n1NC(=O)c1ccc(OCC(=O)NCC(N)=O)cc1. The Morgan fingerprint density at radius 1 is 1.04 bits per heavy atom. The van der Waals surface area contributed by atoms with Gasteiger partial charge in [0.2, 0.25) is 5.91 Å². The van der Waals surface area contributed by atoms with E-state index in [9.17, 15) is 14.4 Å². The first-order valence-electron chi connectivity index (χ1n) is 7.61. The molecule has 0 saturated carbocycles. The number of aryl methyl sites for hydroxylation is 2. The summed E-state index contributed by atoms with van der Waals surface area (Å²) in [5.41, 5.74) is 10.0. The standard InChI is InChI=1S/C17H20N4O4/c1-11-3-4-12(2)21(11)20-17(24)13-5-7-14(8-6-13)25-10-16(23)19-9-15(18)22/h3-8H,9-10H2,1-2H3,(H2,18,22)(H,19,23)(H,20,24). The fourth-order valence-corrected chi connectivity index (χ4v) is 2.10. The van der Waals surface area contributed by atoms with Gasteiger partial charge >= 0.3 is 0 Å². The lowest BCUT2D eigenvalue weighted by Gasteiger charge is -2.11. The summed E-state index contributed by atoms with van der Waals surface area (Å²) in [6.07, 6.45) is 0. The number of benzene rings is 1. The third-order valence-electron chi connectivity index (χ3n) is 3.43. The molecule has 1 aromatic heterocycles. The minimum atomic E-state index is -0.628. The molecule has 25 heavy (non-hydrogen) atoms. The fraction of sp³-hybridized carbons (Fsp3) is 0.235. The van der Waals surface area contributed by atoms with Crippen LogP contribution >= 0.6 is 0 Å². The third kappa shape index (κ3) is 5.10. The van der Waals surface area contributed by atoms with Gasteiger partial charge in [0.25, 0.3) is 11.8 Å². The largest absolute Gasteiger partial charge is 0.484 e. The summed E-state index contributed by atoms with van der Waals surface area (Å²) in [7, 11) is 0. The number of carbonyl (C=O) groups excluding carboxylic acids is 3. The van der Waals surface area contributed by atoms with Crippen molar-refractivity contribution in [3.8, 4) is 5.75 Å². The van der Waals surface area contributed by atoms with E-state index in [0.29, 0.717) is 11.3 Å². The quantitative estimate of drug-likeness (QED) is 0.677. The first-order chi connectivity index (χ1) is 11.9. The fourth-order valence-electron chi connectivity index (χ4n) is 2.10. The van der Waals surface area contributed by atoms with Crippen molar-refractivity contribution in [3.63, 3.8) is 0 Å². The zero-order valence-corrected chi connectivity index (χ0v) is 14.0. The van der Waals surface area contributed by atoms with Crippen molar-refractivity contribution >= 4 is 17.7 Å². The number of nitrogens with two attached hydrogens (primary N) is 1. The van der Waals surface area contributed by atoms with E-state index in [4.69, 9.17) is 10.5 Å². The smallest absolute Gasteiger partial charge is 0.270 e. The van der Waals surface area contributed by atoms with Crippen LogP contribution in [0.3, 0.4) is 0 Å². The van der Waals surface area contributed by atoms with Crippen molar-refractivity contribution in [2.75, 3.05) is 18.6 Å². The first kappa shape index (κ1) is 18.1. The molecule has 0 unspecified atom stereocenters. The second kappa shape index (κ2) is 8.00. The van der Waals surface area contributed by atoms with Gasteiger partial charge in [-0.25, -0.2) is 0 Å². The number of aromatic nitrogens is 1. The highest BCUT2D eigenvalue weighted by molar-refractivity contribution is 6.00. The Bertz CT molecular complexity index is 761. The molecule has 0 aliphatic carbocycles. The molecule has 8 heteroatoms. The van der Waals surface area contributed by atoms with Gasteiger partial charge < -0.3 is 15.8 Å². The minimum absolute atomic E-state index is 0.237. The molecular weight excluding hydrogens is 324 g/mol. The van der Waals surface area contributed by atoms with E-state index in [0.717, 1.165) is 11.4 Å². The zero-order valence-electron chi connectivity index (χ0n) is 14.0. The molecule has 8 nitrogen and oxygen atoms in total. The van der Waals surface area contributed by atoms with Crippen LogP contribution < -0.4 is 21.2 Å². The van der Waals surface area contributed by atoms with Crippen molar-refractivity contribution < 1.29 is 19.1 Å². The summed E-state index contributed by atoms with van der Waals surface area (Å²) in [5, 5.41) is 2.31. The first-order valence-corrected chi connectivity index (χ1v) is 7.61. The summed E-state index contributed by atoms with van der Waals surface area (Å²) in [4.78, 5) is 34.3. The van der Waals surface area contributed by atoms with Crippen LogP contribution in [0.15, 0.2) is 36.4 Å². The number of carbonyl (C=O) groups is 3. The Morgan fingerprint density at radius 2 is 1.64 bits per heavy atom. The summed E-state index contributed by atoms with van der Waals surface area (Å²) in [6.45, 7) is 3.31. The molecule has 0 fully saturated rings. The number of nitrogens with one attached hydrogen (secondary N) is 2. The van der Waals surface area contributed by atoms with Crippen molar-refractivity contribution in [3.05, 3.63) is 53.3 Å². The molecule has 132 valence electrons. The van der Waals surface area contributed by atoms with E-state index in [2.05, 4.69) is 10.7 Å². The van der Waals surface area contributed by atoms with Crippen LogP contribution in [0.1, 0.15) is 21.7 Å². The molecule has 0 saturated heterocycles. The molecule has 1 aromatic carbocycles.